The summed E-state index contributed by atoms with van der Waals surface area (Å²) in [7, 11) is 3.93. The highest BCUT2D eigenvalue weighted by Gasteiger charge is 2.29. The second kappa shape index (κ2) is 10.1. The van der Waals surface area contributed by atoms with Gasteiger partial charge in [0.2, 0.25) is 5.88 Å². The number of rotatable bonds is 8. The third kappa shape index (κ3) is 4.89. The van der Waals surface area contributed by atoms with Crippen molar-refractivity contribution in [2.24, 2.45) is 0 Å². The standard InChI is InChI=1S/C26H31N3O4/c1-27(2)21-11-9-19(10-12-21)23-22(24(30)20-7-4-3-5-8-20)25(31)26(32)29(23)14-6-13-28-15-17-33-18-16-28/h3-5,7-12,31-32H,6,13-18H2,1-2H3. The Bertz CT molecular complexity index is 1080. The van der Waals surface area contributed by atoms with Gasteiger partial charge in [-0.2, -0.15) is 0 Å². The van der Waals surface area contributed by atoms with Gasteiger partial charge in [0.05, 0.1) is 24.5 Å². The molecule has 0 amide bonds. The zero-order chi connectivity index (χ0) is 23.4. The summed E-state index contributed by atoms with van der Waals surface area (Å²) in [5, 5.41) is 21.7. The van der Waals surface area contributed by atoms with Gasteiger partial charge in [0.1, 0.15) is 0 Å². The summed E-state index contributed by atoms with van der Waals surface area (Å²) in [5.41, 5.74) is 2.91. The van der Waals surface area contributed by atoms with Crippen LogP contribution < -0.4 is 4.90 Å². The first-order chi connectivity index (χ1) is 16.0. The van der Waals surface area contributed by atoms with Crippen LogP contribution in [0.1, 0.15) is 22.3 Å². The van der Waals surface area contributed by atoms with Crippen molar-refractivity contribution in [2.45, 2.75) is 13.0 Å². The number of aromatic hydroxyl groups is 2. The first-order valence-corrected chi connectivity index (χ1v) is 11.3. The van der Waals surface area contributed by atoms with Crippen LogP contribution in [-0.4, -0.2) is 72.4 Å². The summed E-state index contributed by atoms with van der Waals surface area (Å²) in [6.07, 6.45) is 0.767. The molecule has 4 rings (SSSR count). The van der Waals surface area contributed by atoms with Gasteiger partial charge in [0.25, 0.3) is 0 Å². The number of hydrogen-bond acceptors (Lipinski definition) is 6. The molecule has 2 aromatic carbocycles. The molecule has 2 heterocycles. The summed E-state index contributed by atoms with van der Waals surface area (Å²) >= 11 is 0. The van der Waals surface area contributed by atoms with Crippen molar-refractivity contribution in [1.29, 1.82) is 0 Å². The minimum Gasteiger partial charge on any atom is -0.503 e. The number of ether oxygens (including phenoxy) is 1. The van der Waals surface area contributed by atoms with Gasteiger partial charge in [0.15, 0.2) is 11.5 Å². The number of ketones is 1. The fraction of sp³-hybridized carbons (Fsp3) is 0.346. The van der Waals surface area contributed by atoms with Crippen molar-refractivity contribution in [3.63, 3.8) is 0 Å². The van der Waals surface area contributed by atoms with Crippen LogP contribution >= 0.6 is 0 Å². The molecule has 1 saturated heterocycles. The first kappa shape index (κ1) is 22.9. The van der Waals surface area contributed by atoms with Crippen molar-refractivity contribution in [1.82, 2.24) is 9.47 Å². The molecule has 0 spiro atoms. The average molecular weight is 450 g/mol. The second-order valence-corrected chi connectivity index (χ2v) is 8.49. The highest BCUT2D eigenvalue weighted by Crippen LogP contribution is 2.42. The number of carbonyl (C=O) groups excluding carboxylic acids is 1. The number of morpholine rings is 1. The highest BCUT2D eigenvalue weighted by molar-refractivity contribution is 6.15. The molecule has 3 aromatic rings. The highest BCUT2D eigenvalue weighted by atomic mass is 16.5. The van der Waals surface area contributed by atoms with Crippen LogP contribution in [0, 0.1) is 0 Å². The molecular weight excluding hydrogens is 418 g/mol. The molecule has 0 bridgehead atoms. The van der Waals surface area contributed by atoms with E-state index in [1.54, 1.807) is 28.8 Å². The van der Waals surface area contributed by atoms with Gasteiger partial charge in [-0.15, -0.1) is 0 Å². The molecule has 0 atom stereocenters. The van der Waals surface area contributed by atoms with Crippen LogP contribution in [0.25, 0.3) is 11.3 Å². The number of nitrogens with zero attached hydrogens (tertiary/aromatic N) is 3. The van der Waals surface area contributed by atoms with Crippen molar-refractivity contribution in [3.8, 4) is 22.9 Å². The zero-order valence-electron chi connectivity index (χ0n) is 19.2. The Labute approximate surface area is 194 Å². The van der Waals surface area contributed by atoms with Crippen molar-refractivity contribution >= 4 is 11.5 Å². The lowest BCUT2D eigenvalue weighted by Crippen LogP contribution is -2.37. The monoisotopic (exact) mass is 449 g/mol. The van der Waals surface area contributed by atoms with Gasteiger partial charge >= 0.3 is 0 Å². The third-order valence-corrected chi connectivity index (χ3v) is 6.09. The minimum atomic E-state index is -0.373. The maximum absolute atomic E-state index is 13.4. The van der Waals surface area contributed by atoms with Crippen LogP contribution in [0.5, 0.6) is 11.6 Å². The number of anilines is 1. The molecule has 1 aliphatic rings. The van der Waals surface area contributed by atoms with Crippen LogP contribution in [0.3, 0.4) is 0 Å². The van der Waals surface area contributed by atoms with Crippen LogP contribution in [0.15, 0.2) is 54.6 Å². The fourth-order valence-corrected chi connectivity index (χ4v) is 4.25. The minimum absolute atomic E-state index is 0.127. The molecule has 2 N–H and O–H groups in total. The lowest BCUT2D eigenvalue weighted by Gasteiger charge is -2.26. The van der Waals surface area contributed by atoms with Gasteiger partial charge in [-0.3, -0.25) is 9.69 Å². The lowest BCUT2D eigenvalue weighted by atomic mass is 9.99. The van der Waals surface area contributed by atoms with Gasteiger partial charge in [0, 0.05) is 51.5 Å². The second-order valence-electron chi connectivity index (χ2n) is 8.49. The van der Waals surface area contributed by atoms with Gasteiger partial charge < -0.3 is 24.4 Å². The van der Waals surface area contributed by atoms with E-state index in [1.165, 1.54) is 0 Å². The van der Waals surface area contributed by atoms with Crippen LogP contribution in [-0.2, 0) is 11.3 Å². The predicted octanol–water partition coefficient (Wildman–Crippen LogP) is 3.59. The molecule has 0 unspecified atom stereocenters. The first-order valence-electron chi connectivity index (χ1n) is 11.3. The van der Waals surface area contributed by atoms with E-state index >= 15 is 0 Å². The van der Waals surface area contributed by atoms with Crippen molar-refractivity contribution < 1.29 is 19.7 Å². The predicted molar refractivity (Wildman–Crippen MR) is 129 cm³/mol. The van der Waals surface area contributed by atoms with E-state index in [2.05, 4.69) is 4.90 Å². The Morgan fingerprint density at radius 1 is 0.970 bits per heavy atom. The smallest absolute Gasteiger partial charge is 0.235 e. The maximum atomic E-state index is 13.4. The molecule has 1 aliphatic heterocycles. The lowest BCUT2D eigenvalue weighted by molar-refractivity contribution is 0.0369. The maximum Gasteiger partial charge on any atom is 0.235 e. The molecule has 0 saturated carbocycles. The van der Waals surface area contributed by atoms with Crippen molar-refractivity contribution in [3.05, 3.63) is 65.7 Å². The molecule has 0 radical (unpaired) electrons. The summed E-state index contributed by atoms with van der Waals surface area (Å²) < 4.78 is 7.08. The van der Waals surface area contributed by atoms with E-state index in [4.69, 9.17) is 4.74 Å². The molecule has 174 valence electrons. The van der Waals surface area contributed by atoms with E-state index in [-0.39, 0.29) is 23.0 Å². The molecule has 1 aromatic heterocycles. The topological polar surface area (TPSA) is 78.2 Å². The molecule has 1 fully saturated rings. The number of carbonyl (C=O) groups is 1. The number of benzene rings is 2. The summed E-state index contributed by atoms with van der Waals surface area (Å²) in [6, 6.07) is 16.6. The van der Waals surface area contributed by atoms with Crippen molar-refractivity contribution in [2.75, 3.05) is 51.8 Å². The SMILES string of the molecule is CN(C)c1ccc(-c2c(C(=O)c3ccccc3)c(O)c(O)n2CCCN2CCOCC2)cc1. The largest absolute Gasteiger partial charge is 0.503 e. The van der Waals surface area contributed by atoms with E-state index in [0.717, 1.165) is 50.5 Å². The molecule has 7 heteroatoms. The van der Waals surface area contributed by atoms with E-state index in [0.29, 0.717) is 17.8 Å². The van der Waals surface area contributed by atoms with E-state index in [1.807, 2.05) is 49.3 Å². The Morgan fingerprint density at radius 2 is 1.64 bits per heavy atom. The molecule has 0 aliphatic carbocycles. The fourth-order valence-electron chi connectivity index (χ4n) is 4.25. The third-order valence-electron chi connectivity index (χ3n) is 6.09. The molecule has 7 nitrogen and oxygen atoms in total. The number of hydrogen-bond donors (Lipinski definition) is 2. The molecular formula is C26H31N3O4. The zero-order valence-corrected chi connectivity index (χ0v) is 19.2. The van der Waals surface area contributed by atoms with Crippen LogP contribution in [0.4, 0.5) is 5.69 Å². The molecule has 33 heavy (non-hydrogen) atoms. The Morgan fingerprint density at radius 3 is 2.27 bits per heavy atom. The Hall–Kier alpha value is -3.29. The van der Waals surface area contributed by atoms with E-state index < -0.39 is 0 Å². The van der Waals surface area contributed by atoms with Gasteiger partial charge in [-0.05, 0) is 24.1 Å². The summed E-state index contributed by atoms with van der Waals surface area (Å²) in [6.45, 7) is 4.56. The summed E-state index contributed by atoms with van der Waals surface area (Å²) in [4.78, 5) is 17.7. The Kier molecular flexibility index (Phi) is 7.01. The Balaban J connectivity index is 1.72. The average Bonchev–Trinajstić information content (AvgIpc) is 3.10. The van der Waals surface area contributed by atoms with Crippen LogP contribution in [0.2, 0.25) is 0 Å². The van der Waals surface area contributed by atoms with Gasteiger partial charge in [-0.1, -0.05) is 42.5 Å². The normalized spacial score (nSPS) is 14.4. The van der Waals surface area contributed by atoms with E-state index in [9.17, 15) is 15.0 Å². The van der Waals surface area contributed by atoms with Gasteiger partial charge in [-0.25, -0.2) is 0 Å². The quantitative estimate of drug-likeness (QED) is 0.512. The summed E-state index contributed by atoms with van der Waals surface area (Å²) in [5.74, 6) is -0.966. The number of aromatic nitrogens is 1.